The molecule has 2 amide bonds. The molecule has 0 atom stereocenters. The largest absolute Gasteiger partial charge is 0.333 e. The predicted octanol–water partition coefficient (Wildman–Crippen LogP) is 3.72. The van der Waals surface area contributed by atoms with Gasteiger partial charge in [0, 0.05) is 18.8 Å². The molecule has 2 rings (SSSR count). The number of benzene rings is 2. The van der Waals surface area contributed by atoms with Crippen molar-refractivity contribution >= 4 is 23.6 Å². The zero-order valence-corrected chi connectivity index (χ0v) is 15.2. The topological polar surface area (TPSA) is 49.4 Å². The first-order valence-electron chi connectivity index (χ1n) is 8.22. The molecule has 0 heterocycles. The van der Waals surface area contributed by atoms with Gasteiger partial charge in [-0.2, -0.15) is 0 Å². The lowest BCUT2D eigenvalue weighted by Gasteiger charge is -2.16. The molecule has 0 spiro atoms. The summed E-state index contributed by atoms with van der Waals surface area (Å²) >= 11 is 0. The monoisotopic (exact) mass is 336 g/mol. The van der Waals surface area contributed by atoms with E-state index in [9.17, 15) is 9.59 Å². The van der Waals surface area contributed by atoms with Crippen molar-refractivity contribution < 1.29 is 9.59 Å². The highest BCUT2D eigenvalue weighted by molar-refractivity contribution is 5.98. The van der Waals surface area contributed by atoms with E-state index in [-0.39, 0.29) is 18.4 Å². The second-order valence-corrected chi connectivity index (χ2v) is 6.24. The maximum atomic E-state index is 12.2. The number of likely N-dealkylation sites (N-methyl/N-ethyl adjacent to an activating group) is 1. The summed E-state index contributed by atoms with van der Waals surface area (Å²) in [6, 6.07) is 13.6. The van der Waals surface area contributed by atoms with E-state index in [1.165, 1.54) is 11.0 Å². The van der Waals surface area contributed by atoms with Crippen molar-refractivity contribution in [3.05, 3.63) is 70.8 Å². The Hall–Kier alpha value is -2.88. The Labute approximate surface area is 149 Å². The smallest absolute Gasteiger partial charge is 0.246 e. The molecule has 0 radical (unpaired) electrons. The summed E-state index contributed by atoms with van der Waals surface area (Å²) < 4.78 is 0. The van der Waals surface area contributed by atoms with Crippen LogP contribution in [-0.2, 0) is 9.59 Å². The molecule has 0 bridgehead atoms. The number of carbonyl (C=O) groups is 2. The average Bonchev–Trinajstić information content (AvgIpc) is 2.56. The molecule has 0 saturated carbocycles. The van der Waals surface area contributed by atoms with Crippen molar-refractivity contribution in [1.82, 2.24) is 4.90 Å². The molecule has 1 N–H and O–H groups in total. The molecule has 0 aliphatic heterocycles. The minimum atomic E-state index is -0.214. The average molecular weight is 336 g/mol. The highest BCUT2D eigenvalue weighted by atomic mass is 16.2. The van der Waals surface area contributed by atoms with E-state index in [0.717, 1.165) is 27.9 Å². The Kier molecular flexibility index (Phi) is 6.12. The van der Waals surface area contributed by atoms with Crippen molar-refractivity contribution in [3.8, 4) is 0 Å². The third-order valence-corrected chi connectivity index (χ3v) is 4.10. The summed E-state index contributed by atoms with van der Waals surface area (Å²) in [4.78, 5) is 25.7. The van der Waals surface area contributed by atoms with Gasteiger partial charge in [-0.3, -0.25) is 9.59 Å². The molecule has 2 aromatic carbocycles. The van der Waals surface area contributed by atoms with Crippen LogP contribution in [0.15, 0.2) is 48.5 Å². The fraction of sp³-hybridized carbons (Fsp3) is 0.238. The number of rotatable bonds is 5. The van der Waals surface area contributed by atoms with Gasteiger partial charge in [-0.05, 0) is 49.6 Å². The van der Waals surface area contributed by atoms with Gasteiger partial charge < -0.3 is 10.2 Å². The van der Waals surface area contributed by atoms with Crippen LogP contribution >= 0.6 is 0 Å². The SMILES string of the molecule is Cc1cccc(/C=C/C(=O)N(C)CC(=O)Nc2cccc(C)c2C)c1. The first-order valence-corrected chi connectivity index (χ1v) is 8.22. The van der Waals surface area contributed by atoms with Gasteiger partial charge in [-0.1, -0.05) is 42.0 Å². The number of hydrogen-bond donors (Lipinski definition) is 1. The van der Waals surface area contributed by atoms with Gasteiger partial charge in [-0.15, -0.1) is 0 Å². The summed E-state index contributed by atoms with van der Waals surface area (Å²) in [5, 5.41) is 2.86. The first kappa shape index (κ1) is 18.5. The molecule has 130 valence electrons. The molecule has 0 unspecified atom stereocenters. The van der Waals surface area contributed by atoms with Gasteiger partial charge in [0.15, 0.2) is 0 Å². The van der Waals surface area contributed by atoms with Crippen LogP contribution in [0.25, 0.3) is 6.08 Å². The molecule has 0 aliphatic carbocycles. The lowest BCUT2D eigenvalue weighted by atomic mass is 10.1. The standard InChI is InChI=1S/C21H24N2O2/c1-15-7-5-9-18(13-15)11-12-21(25)23(4)14-20(24)22-19-10-6-8-16(2)17(19)3/h5-13H,14H2,1-4H3,(H,22,24)/b12-11+. The van der Waals surface area contributed by atoms with Crippen molar-refractivity contribution in [2.45, 2.75) is 20.8 Å². The Bertz CT molecular complexity index is 809. The summed E-state index contributed by atoms with van der Waals surface area (Å²) in [7, 11) is 1.62. The molecular weight excluding hydrogens is 312 g/mol. The van der Waals surface area contributed by atoms with Crippen molar-refractivity contribution in [3.63, 3.8) is 0 Å². The van der Waals surface area contributed by atoms with Crippen LogP contribution in [0, 0.1) is 20.8 Å². The number of anilines is 1. The zero-order chi connectivity index (χ0) is 18.4. The van der Waals surface area contributed by atoms with Gasteiger partial charge in [0.25, 0.3) is 0 Å². The maximum absolute atomic E-state index is 12.2. The van der Waals surface area contributed by atoms with Crippen LogP contribution in [0.5, 0.6) is 0 Å². The van der Waals surface area contributed by atoms with Crippen molar-refractivity contribution in [2.75, 3.05) is 18.9 Å². The number of carbonyl (C=O) groups excluding carboxylic acids is 2. The van der Waals surface area contributed by atoms with Crippen molar-refractivity contribution in [2.24, 2.45) is 0 Å². The predicted molar refractivity (Wildman–Crippen MR) is 102 cm³/mol. The van der Waals surface area contributed by atoms with Crippen LogP contribution in [0.2, 0.25) is 0 Å². The number of nitrogens with zero attached hydrogens (tertiary/aromatic N) is 1. The molecule has 25 heavy (non-hydrogen) atoms. The van der Waals surface area contributed by atoms with Crippen LogP contribution in [0.1, 0.15) is 22.3 Å². The Morgan fingerprint density at radius 1 is 1.08 bits per heavy atom. The molecule has 2 aromatic rings. The molecule has 0 aliphatic rings. The van der Waals surface area contributed by atoms with E-state index >= 15 is 0 Å². The van der Waals surface area contributed by atoms with Crippen LogP contribution in [-0.4, -0.2) is 30.3 Å². The Morgan fingerprint density at radius 3 is 2.52 bits per heavy atom. The Balaban J connectivity index is 1.94. The highest BCUT2D eigenvalue weighted by Gasteiger charge is 2.12. The minimum Gasteiger partial charge on any atom is -0.333 e. The van der Waals surface area contributed by atoms with Gasteiger partial charge in [0.2, 0.25) is 11.8 Å². The second-order valence-electron chi connectivity index (χ2n) is 6.24. The van der Waals surface area contributed by atoms with E-state index < -0.39 is 0 Å². The normalized spacial score (nSPS) is 10.7. The number of hydrogen-bond acceptors (Lipinski definition) is 2. The lowest BCUT2D eigenvalue weighted by Crippen LogP contribution is -2.34. The molecule has 4 heteroatoms. The summed E-state index contributed by atoms with van der Waals surface area (Å²) in [6.45, 7) is 5.97. The first-order chi connectivity index (χ1) is 11.9. The van der Waals surface area contributed by atoms with Crippen LogP contribution < -0.4 is 5.32 Å². The van der Waals surface area contributed by atoms with E-state index in [2.05, 4.69) is 5.32 Å². The van der Waals surface area contributed by atoms with Crippen LogP contribution in [0.3, 0.4) is 0 Å². The van der Waals surface area contributed by atoms with Gasteiger partial charge in [0.05, 0.1) is 6.54 Å². The van der Waals surface area contributed by atoms with E-state index in [1.807, 2.05) is 63.2 Å². The summed E-state index contributed by atoms with van der Waals surface area (Å²) in [5.74, 6) is -0.425. The van der Waals surface area contributed by atoms with Crippen molar-refractivity contribution in [1.29, 1.82) is 0 Å². The maximum Gasteiger partial charge on any atom is 0.246 e. The quantitative estimate of drug-likeness (QED) is 0.846. The third-order valence-electron chi connectivity index (χ3n) is 4.10. The number of nitrogens with one attached hydrogen (secondary N) is 1. The Morgan fingerprint density at radius 2 is 1.80 bits per heavy atom. The van der Waals surface area contributed by atoms with E-state index in [1.54, 1.807) is 13.1 Å². The second kappa shape index (κ2) is 8.29. The molecular formula is C21H24N2O2. The number of amides is 2. The fourth-order valence-electron chi connectivity index (χ4n) is 2.44. The molecule has 0 fully saturated rings. The zero-order valence-electron chi connectivity index (χ0n) is 15.2. The lowest BCUT2D eigenvalue weighted by molar-refractivity contribution is -0.129. The van der Waals surface area contributed by atoms with E-state index in [4.69, 9.17) is 0 Å². The fourth-order valence-corrected chi connectivity index (χ4v) is 2.44. The molecule has 0 saturated heterocycles. The van der Waals surface area contributed by atoms with Gasteiger partial charge in [-0.25, -0.2) is 0 Å². The summed E-state index contributed by atoms with van der Waals surface area (Å²) in [6.07, 6.45) is 3.24. The third kappa shape index (κ3) is 5.31. The van der Waals surface area contributed by atoms with Crippen LogP contribution in [0.4, 0.5) is 5.69 Å². The molecule has 4 nitrogen and oxygen atoms in total. The van der Waals surface area contributed by atoms with E-state index in [0.29, 0.717) is 0 Å². The highest BCUT2D eigenvalue weighted by Crippen LogP contribution is 2.17. The molecule has 0 aromatic heterocycles. The summed E-state index contributed by atoms with van der Waals surface area (Å²) in [5.41, 5.74) is 5.02. The number of aryl methyl sites for hydroxylation is 2. The van der Waals surface area contributed by atoms with Gasteiger partial charge in [0.1, 0.15) is 0 Å². The van der Waals surface area contributed by atoms with Gasteiger partial charge >= 0.3 is 0 Å². The minimum absolute atomic E-state index is 0.00434.